The summed E-state index contributed by atoms with van der Waals surface area (Å²) in [7, 11) is 0. The van der Waals surface area contributed by atoms with Crippen LogP contribution in [0.15, 0.2) is 104 Å². The molecule has 4 rings (SSSR count). The maximum absolute atomic E-state index is 9.19. The molecule has 3 nitrogen and oxygen atoms in total. The van der Waals surface area contributed by atoms with Gasteiger partial charge in [-0.2, -0.15) is 0 Å². The average Bonchev–Trinajstić information content (AvgIpc) is 3.24. The number of benzene rings is 3. The molecular weight excluding hydrogens is 378 g/mol. The second-order valence-corrected chi connectivity index (χ2v) is 6.91. The zero-order valence-corrected chi connectivity index (χ0v) is 18.5. The van der Waals surface area contributed by atoms with Crippen molar-refractivity contribution < 1.29 is 29.7 Å². The van der Waals surface area contributed by atoms with E-state index in [0.29, 0.717) is 6.42 Å². The van der Waals surface area contributed by atoms with Gasteiger partial charge in [0.05, 0.1) is 12.0 Å². The van der Waals surface area contributed by atoms with Gasteiger partial charge < -0.3 is 15.4 Å². The Morgan fingerprint density at radius 2 is 1.20 bits per heavy atom. The van der Waals surface area contributed by atoms with E-state index in [1.165, 1.54) is 16.7 Å². The zero-order valence-electron chi connectivity index (χ0n) is 21.4. The van der Waals surface area contributed by atoms with E-state index in [9.17, 15) is 5.11 Å². The third kappa shape index (κ3) is 4.65. The smallest absolute Gasteiger partial charge is 1.00 e. The monoisotopic (exact) mass is 406 g/mol. The first-order chi connectivity index (χ1) is 13.9. The fourth-order valence-electron chi connectivity index (χ4n) is 3.92. The van der Waals surface area contributed by atoms with Gasteiger partial charge in [0.15, 0.2) is 0 Å². The number of hydrogen-bond donors (Lipinski definition) is 1. The summed E-state index contributed by atoms with van der Waals surface area (Å²) in [5.41, 5.74) is 4.01. The molecule has 0 aliphatic carbocycles. The number of aryl methyl sites for hydroxylation is 1. The van der Waals surface area contributed by atoms with Crippen LogP contribution in [0.5, 0.6) is 0 Å². The Hall–Kier alpha value is -2.04. The maximum Gasteiger partial charge on any atom is 3.00 e. The zero-order chi connectivity index (χ0) is 19.2. The molecule has 148 valence electrons. The number of hydrogen-bond acceptors (Lipinski definition) is 2. The molecule has 4 aromatic rings. The standard InChI is InChI=1S/C25H24N2O.Al.Li.4H/c28-18-10-17-24-19-27(20-26-24)25(21-11-4-1-5-12-21,22-13-6-2-7-14-22)23-15-8-3-9-16-23;;;;;;/h1-9,11-16,19-20,28H,10,17-18H2;;;;;;/q;+3;+1;4*-1. The first-order valence-electron chi connectivity index (χ1n) is 9.66. The molecule has 0 atom stereocenters. The molecule has 0 aliphatic heterocycles. The molecule has 1 aromatic heterocycles. The van der Waals surface area contributed by atoms with Crippen molar-refractivity contribution in [3.8, 4) is 0 Å². The van der Waals surface area contributed by atoms with E-state index >= 15 is 0 Å². The molecule has 0 amide bonds. The van der Waals surface area contributed by atoms with Gasteiger partial charge in [-0.15, -0.1) is 0 Å². The van der Waals surface area contributed by atoms with Gasteiger partial charge in [-0.05, 0) is 29.5 Å². The molecular formula is C25H28AlLiN2O. The molecule has 0 aliphatic rings. The average molecular weight is 406 g/mol. The number of rotatable bonds is 7. The summed E-state index contributed by atoms with van der Waals surface area (Å²) in [5.74, 6) is 0. The van der Waals surface area contributed by atoms with Gasteiger partial charge >= 0.3 is 36.2 Å². The minimum atomic E-state index is -0.520. The van der Waals surface area contributed by atoms with E-state index in [1.807, 2.05) is 24.5 Å². The quantitative estimate of drug-likeness (QED) is 0.375. The molecule has 3 aromatic carbocycles. The SMILES string of the molecule is OCCCc1cn(C(c2ccccc2)(c2ccccc2)c2ccccc2)cn1.[Al+3].[H-].[H-].[H-].[H-].[Li+]. The minimum absolute atomic E-state index is 0. The van der Waals surface area contributed by atoms with Crippen molar-refractivity contribution in [2.24, 2.45) is 0 Å². The van der Waals surface area contributed by atoms with Gasteiger partial charge in [-0.25, -0.2) is 4.98 Å². The van der Waals surface area contributed by atoms with Crippen molar-refractivity contribution in [2.45, 2.75) is 18.4 Å². The van der Waals surface area contributed by atoms with Crippen molar-refractivity contribution in [2.75, 3.05) is 6.61 Å². The normalized spacial score (nSPS) is 10.7. The van der Waals surface area contributed by atoms with E-state index in [2.05, 4.69) is 88.5 Å². The number of nitrogens with zero attached hydrogens (tertiary/aromatic N) is 2. The van der Waals surface area contributed by atoms with Gasteiger partial charge in [0, 0.05) is 12.8 Å². The van der Waals surface area contributed by atoms with Crippen LogP contribution in [0.2, 0.25) is 0 Å². The predicted octanol–water partition coefficient (Wildman–Crippen LogP) is 1.72. The Kier molecular flexibility index (Phi) is 9.19. The Morgan fingerprint density at radius 1 is 0.767 bits per heavy atom. The van der Waals surface area contributed by atoms with Crippen LogP contribution in [0.25, 0.3) is 0 Å². The molecule has 0 bridgehead atoms. The van der Waals surface area contributed by atoms with E-state index in [0.717, 1.165) is 12.1 Å². The molecule has 0 saturated heterocycles. The van der Waals surface area contributed by atoms with Gasteiger partial charge in [-0.3, -0.25) is 0 Å². The van der Waals surface area contributed by atoms with Crippen LogP contribution in [-0.2, 0) is 12.0 Å². The van der Waals surface area contributed by atoms with Crippen LogP contribution >= 0.6 is 0 Å². The molecule has 0 fully saturated rings. The van der Waals surface area contributed by atoms with Crippen molar-refractivity contribution >= 4 is 17.4 Å². The largest absolute Gasteiger partial charge is 3.00 e. The van der Waals surface area contributed by atoms with E-state index in [1.54, 1.807) is 0 Å². The Bertz CT molecular complexity index is 928. The number of aliphatic hydroxyl groups is 1. The third-order valence-corrected chi connectivity index (χ3v) is 5.19. The van der Waals surface area contributed by atoms with Gasteiger partial charge in [0.2, 0.25) is 0 Å². The molecule has 0 radical (unpaired) electrons. The Balaban J connectivity index is -0.00000160. The fraction of sp³-hybridized carbons (Fsp3) is 0.160. The Labute approximate surface area is 207 Å². The molecule has 0 spiro atoms. The number of aromatic nitrogens is 2. The van der Waals surface area contributed by atoms with Crippen molar-refractivity contribution in [3.63, 3.8) is 0 Å². The third-order valence-electron chi connectivity index (χ3n) is 5.19. The summed E-state index contributed by atoms with van der Waals surface area (Å²) < 4.78 is 2.21. The topological polar surface area (TPSA) is 38.0 Å². The van der Waals surface area contributed by atoms with Gasteiger partial charge in [-0.1, -0.05) is 91.0 Å². The molecule has 1 heterocycles. The molecule has 0 saturated carbocycles. The van der Waals surface area contributed by atoms with E-state index < -0.39 is 5.54 Å². The summed E-state index contributed by atoms with van der Waals surface area (Å²) >= 11 is 0. The van der Waals surface area contributed by atoms with Crippen LogP contribution in [-0.4, -0.2) is 38.6 Å². The molecule has 30 heavy (non-hydrogen) atoms. The van der Waals surface area contributed by atoms with Crippen molar-refractivity contribution in [1.82, 2.24) is 9.55 Å². The molecule has 5 heteroatoms. The van der Waals surface area contributed by atoms with Crippen LogP contribution in [0.3, 0.4) is 0 Å². The summed E-state index contributed by atoms with van der Waals surface area (Å²) in [6.07, 6.45) is 5.51. The summed E-state index contributed by atoms with van der Waals surface area (Å²) in [4.78, 5) is 4.65. The van der Waals surface area contributed by atoms with Crippen LogP contribution < -0.4 is 18.9 Å². The minimum Gasteiger partial charge on any atom is -1.00 e. The first-order valence-corrected chi connectivity index (χ1v) is 9.66. The van der Waals surface area contributed by atoms with Crippen LogP contribution in [0, 0.1) is 0 Å². The first kappa shape index (κ1) is 24.2. The maximum atomic E-state index is 9.19. The molecule has 0 unspecified atom stereocenters. The second-order valence-electron chi connectivity index (χ2n) is 6.91. The summed E-state index contributed by atoms with van der Waals surface area (Å²) in [6.45, 7) is 0.175. The fourth-order valence-corrected chi connectivity index (χ4v) is 3.92. The van der Waals surface area contributed by atoms with Crippen LogP contribution in [0.1, 0.15) is 34.5 Å². The number of imidazole rings is 1. The van der Waals surface area contributed by atoms with Crippen molar-refractivity contribution in [3.05, 3.63) is 126 Å². The summed E-state index contributed by atoms with van der Waals surface area (Å²) in [6, 6.07) is 31.7. The second kappa shape index (κ2) is 11.4. The summed E-state index contributed by atoms with van der Waals surface area (Å²) in [5, 5.41) is 9.19. The Morgan fingerprint density at radius 3 is 1.60 bits per heavy atom. The van der Waals surface area contributed by atoms with E-state index in [4.69, 9.17) is 0 Å². The van der Waals surface area contributed by atoms with Gasteiger partial charge in [0.25, 0.3) is 0 Å². The number of aliphatic hydroxyl groups excluding tert-OH is 1. The predicted molar refractivity (Wildman–Crippen MR) is 122 cm³/mol. The molecule has 1 N–H and O–H groups in total. The van der Waals surface area contributed by atoms with E-state index in [-0.39, 0.29) is 48.5 Å². The van der Waals surface area contributed by atoms with Gasteiger partial charge in [0.1, 0.15) is 5.54 Å². The van der Waals surface area contributed by atoms with Crippen LogP contribution in [0.4, 0.5) is 0 Å². The van der Waals surface area contributed by atoms with Crippen molar-refractivity contribution in [1.29, 1.82) is 0 Å².